The minimum absolute atomic E-state index is 0.000663. The number of nitrogens with zero attached hydrogens (tertiary/aromatic N) is 2. The predicted octanol–water partition coefficient (Wildman–Crippen LogP) is 3.80. The Morgan fingerprint density at radius 3 is 2.53 bits per heavy atom. The Labute approximate surface area is 208 Å². The number of piperidine rings is 1. The molecular weight excluding hydrogens is 458 g/mol. The number of fused-ring (bicyclic) bond motifs is 2. The second kappa shape index (κ2) is 9.18. The first kappa shape index (κ1) is 22.4. The van der Waals surface area contributed by atoms with Crippen molar-refractivity contribution in [3.63, 3.8) is 0 Å². The third kappa shape index (κ3) is 4.12. The summed E-state index contributed by atoms with van der Waals surface area (Å²) < 4.78 is 10.7. The first-order valence-corrected chi connectivity index (χ1v) is 12.3. The molecule has 3 aliphatic rings. The summed E-state index contributed by atoms with van der Waals surface area (Å²) in [5, 5.41) is 5.03. The molecule has 0 aromatic heterocycles. The molecule has 2 fully saturated rings. The van der Waals surface area contributed by atoms with Crippen LogP contribution in [0, 0.1) is 11.8 Å². The van der Waals surface area contributed by atoms with Gasteiger partial charge in [0.05, 0.1) is 11.6 Å². The molecule has 1 atom stereocenters. The number of rotatable bonds is 4. The highest BCUT2D eigenvalue weighted by molar-refractivity contribution is 6.07. The fourth-order valence-electron chi connectivity index (χ4n) is 5.39. The summed E-state index contributed by atoms with van der Waals surface area (Å²) in [6, 6.07) is 19.2. The standard InChI is InChI=1S/C28H27N3O5/c32-26-14-20(16-31(26)23-7-3-5-18-4-1-2-6-22(18)23)28(34)30-12-10-19(11-13-30)27(33)29-21-8-9-24-25(15-21)36-17-35-24/h1-9,15,19-20H,10-14,16-17H2,(H,29,33)/t20-/m1/s1. The zero-order chi connectivity index (χ0) is 24.6. The van der Waals surface area contributed by atoms with E-state index < -0.39 is 0 Å². The molecule has 36 heavy (non-hydrogen) atoms. The van der Waals surface area contributed by atoms with Crippen molar-refractivity contribution in [1.29, 1.82) is 0 Å². The average molecular weight is 486 g/mol. The van der Waals surface area contributed by atoms with Gasteiger partial charge in [0, 0.05) is 49.1 Å². The molecule has 8 nitrogen and oxygen atoms in total. The van der Waals surface area contributed by atoms with E-state index in [1.54, 1.807) is 23.1 Å². The number of carbonyl (C=O) groups excluding carboxylic acids is 3. The van der Waals surface area contributed by atoms with Gasteiger partial charge >= 0.3 is 0 Å². The highest BCUT2D eigenvalue weighted by Crippen LogP contribution is 2.35. The Balaban J connectivity index is 1.06. The monoisotopic (exact) mass is 485 g/mol. The van der Waals surface area contributed by atoms with Crippen molar-refractivity contribution in [3.05, 3.63) is 60.7 Å². The number of hydrogen-bond acceptors (Lipinski definition) is 5. The summed E-state index contributed by atoms with van der Waals surface area (Å²) in [6.45, 7) is 1.59. The van der Waals surface area contributed by atoms with Gasteiger partial charge in [0.2, 0.25) is 24.5 Å². The second-order valence-electron chi connectivity index (χ2n) is 9.56. The van der Waals surface area contributed by atoms with E-state index in [0.29, 0.717) is 49.7 Å². The lowest BCUT2D eigenvalue weighted by molar-refractivity contribution is -0.138. The molecule has 8 heteroatoms. The van der Waals surface area contributed by atoms with E-state index in [-0.39, 0.29) is 42.8 Å². The van der Waals surface area contributed by atoms with E-state index in [2.05, 4.69) is 5.32 Å². The van der Waals surface area contributed by atoms with Crippen LogP contribution in [0.2, 0.25) is 0 Å². The molecule has 3 heterocycles. The molecule has 6 rings (SSSR count). The van der Waals surface area contributed by atoms with Crippen molar-refractivity contribution in [1.82, 2.24) is 4.90 Å². The van der Waals surface area contributed by atoms with E-state index in [0.717, 1.165) is 16.5 Å². The highest BCUT2D eigenvalue weighted by atomic mass is 16.7. The molecule has 0 saturated carbocycles. The fourth-order valence-corrected chi connectivity index (χ4v) is 5.39. The van der Waals surface area contributed by atoms with E-state index in [1.807, 2.05) is 47.4 Å². The topological polar surface area (TPSA) is 88.2 Å². The third-order valence-corrected chi connectivity index (χ3v) is 7.35. The van der Waals surface area contributed by atoms with Gasteiger partial charge in [-0.15, -0.1) is 0 Å². The first-order valence-electron chi connectivity index (χ1n) is 12.3. The molecule has 0 aliphatic carbocycles. The van der Waals surface area contributed by atoms with E-state index in [9.17, 15) is 14.4 Å². The van der Waals surface area contributed by atoms with Crippen LogP contribution in [0.5, 0.6) is 11.5 Å². The van der Waals surface area contributed by atoms with Gasteiger partial charge in [0.1, 0.15) is 0 Å². The van der Waals surface area contributed by atoms with E-state index in [1.165, 1.54) is 0 Å². The Bertz CT molecular complexity index is 1340. The zero-order valence-electron chi connectivity index (χ0n) is 19.8. The number of carbonyl (C=O) groups is 3. The number of amides is 3. The number of ether oxygens (including phenoxy) is 2. The van der Waals surface area contributed by atoms with Crippen LogP contribution in [0.15, 0.2) is 60.7 Å². The van der Waals surface area contributed by atoms with E-state index in [4.69, 9.17) is 9.47 Å². The minimum atomic E-state index is -0.365. The maximum Gasteiger partial charge on any atom is 0.231 e. The molecule has 0 bridgehead atoms. The van der Waals surface area contributed by atoms with Crippen molar-refractivity contribution in [3.8, 4) is 11.5 Å². The zero-order valence-corrected chi connectivity index (χ0v) is 19.8. The van der Waals surface area contributed by atoms with Gasteiger partial charge in [-0.25, -0.2) is 0 Å². The lowest BCUT2D eigenvalue weighted by Gasteiger charge is -2.33. The van der Waals surface area contributed by atoms with Gasteiger partial charge in [0.15, 0.2) is 11.5 Å². The first-order chi connectivity index (χ1) is 17.6. The maximum absolute atomic E-state index is 13.3. The molecule has 0 unspecified atom stereocenters. The lowest BCUT2D eigenvalue weighted by atomic mass is 9.94. The van der Waals surface area contributed by atoms with Gasteiger partial charge in [-0.05, 0) is 36.4 Å². The van der Waals surface area contributed by atoms with Gasteiger partial charge in [-0.2, -0.15) is 0 Å². The fraction of sp³-hybridized carbons (Fsp3) is 0.321. The van der Waals surface area contributed by atoms with Crippen molar-refractivity contribution >= 4 is 39.9 Å². The molecule has 2 saturated heterocycles. The summed E-state index contributed by atoms with van der Waals surface area (Å²) in [5.41, 5.74) is 1.52. The molecule has 0 spiro atoms. The summed E-state index contributed by atoms with van der Waals surface area (Å²) in [6.07, 6.45) is 1.40. The van der Waals surface area contributed by atoms with E-state index >= 15 is 0 Å². The van der Waals surface area contributed by atoms with Crippen LogP contribution >= 0.6 is 0 Å². The highest BCUT2D eigenvalue weighted by Gasteiger charge is 2.39. The molecule has 184 valence electrons. The predicted molar refractivity (Wildman–Crippen MR) is 135 cm³/mol. The van der Waals surface area contributed by atoms with Crippen LogP contribution in [0.1, 0.15) is 19.3 Å². The van der Waals surface area contributed by atoms with Crippen LogP contribution in [0.4, 0.5) is 11.4 Å². The number of hydrogen-bond donors (Lipinski definition) is 1. The van der Waals surface area contributed by atoms with Gasteiger partial charge < -0.3 is 24.6 Å². The van der Waals surface area contributed by atoms with Crippen molar-refractivity contribution in [2.45, 2.75) is 19.3 Å². The second-order valence-corrected chi connectivity index (χ2v) is 9.56. The Hall–Kier alpha value is -4.07. The summed E-state index contributed by atoms with van der Waals surface area (Å²) in [7, 11) is 0. The van der Waals surface area contributed by atoms with Crippen LogP contribution in [-0.4, -0.2) is 49.0 Å². The quantitative estimate of drug-likeness (QED) is 0.607. The number of likely N-dealkylation sites (tertiary alicyclic amines) is 1. The van der Waals surface area contributed by atoms with Gasteiger partial charge in [0.25, 0.3) is 0 Å². The van der Waals surface area contributed by atoms with Crippen LogP contribution in [0.25, 0.3) is 10.8 Å². The smallest absolute Gasteiger partial charge is 0.231 e. The molecule has 0 radical (unpaired) electrons. The van der Waals surface area contributed by atoms with Crippen molar-refractivity contribution < 1.29 is 23.9 Å². The Morgan fingerprint density at radius 1 is 0.889 bits per heavy atom. The number of benzene rings is 3. The van der Waals surface area contributed by atoms with Gasteiger partial charge in [-0.3, -0.25) is 14.4 Å². The molecule has 1 N–H and O–H groups in total. The minimum Gasteiger partial charge on any atom is -0.454 e. The van der Waals surface area contributed by atoms with Crippen LogP contribution < -0.4 is 19.7 Å². The maximum atomic E-state index is 13.3. The molecule has 3 aliphatic heterocycles. The molecule has 3 aromatic carbocycles. The van der Waals surface area contributed by atoms with Gasteiger partial charge in [-0.1, -0.05) is 36.4 Å². The van der Waals surface area contributed by atoms with Crippen molar-refractivity contribution in [2.75, 3.05) is 36.6 Å². The number of nitrogens with one attached hydrogen (secondary N) is 1. The molecular formula is C28H27N3O5. The third-order valence-electron chi connectivity index (χ3n) is 7.35. The number of anilines is 2. The largest absolute Gasteiger partial charge is 0.454 e. The summed E-state index contributed by atoms with van der Waals surface area (Å²) in [4.78, 5) is 42.5. The lowest BCUT2D eigenvalue weighted by Crippen LogP contribution is -2.44. The van der Waals surface area contributed by atoms with Crippen molar-refractivity contribution in [2.24, 2.45) is 11.8 Å². The Kier molecular flexibility index (Phi) is 5.71. The Morgan fingerprint density at radius 2 is 1.67 bits per heavy atom. The van der Waals surface area contributed by atoms with Crippen LogP contribution in [-0.2, 0) is 14.4 Å². The SMILES string of the molecule is O=C(Nc1ccc2c(c1)OCO2)C1CCN(C(=O)[C@@H]2CC(=O)N(c3cccc4ccccc34)C2)CC1. The molecule has 3 aromatic rings. The summed E-state index contributed by atoms with van der Waals surface area (Å²) in [5.74, 6) is 0.677. The van der Waals surface area contributed by atoms with Crippen LogP contribution in [0.3, 0.4) is 0 Å². The normalized spacial score (nSPS) is 19.7. The molecule has 3 amide bonds. The average Bonchev–Trinajstić information content (AvgIpc) is 3.54. The summed E-state index contributed by atoms with van der Waals surface area (Å²) >= 11 is 0.